The first-order valence-electron chi connectivity index (χ1n) is 3.47. The van der Waals surface area contributed by atoms with Crippen molar-refractivity contribution in [1.82, 2.24) is 0 Å². The van der Waals surface area contributed by atoms with Gasteiger partial charge in [0, 0.05) is 16.3 Å². The van der Waals surface area contributed by atoms with Gasteiger partial charge in [-0.15, -0.1) is 0 Å². The number of hydrogen-bond acceptors (Lipinski definition) is 2. The van der Waals surface area contributed by atoms with E-state index in [4.69, 9.17) is 23.1 Å². The second-order valence-electron chi connectivity index (χ2n) is 2.28. The molecule has 0 saturated heterocycles. The maximum absolute atomic E-state index is 5.75. The molecule has 0 aliphatic heterocycles. The first-order chi connectivity index (χ1) is 5.72. The molecule has 1 aromatic rings. The summed E-state index contributed by atoms with van der Waals surface area (Å²) < 4.78 is 0. The number of halogens is 1. The minimum atomic E-state index is 0.340. The minimum absolute atomic E-state index is 0.340. The van der Waals surface area contributed by atoms with Crippen molar-refractivity contribution in [2.75, 3.05) is 12.3 Å². The Morgan fingerprint density at radius 3 is 2.67 bits per heavy atom. The monoisotopic (exact) mass is 180 g/mol. The van der Waals surface area contributed by atoms with Crippen LogP contribution >= 0.6 is 11.6 Å². The van der Waals surface area contributed by atoms with Crippen LogP contribution < -0.4 is 11.5 Å². The van der Waals surface area contributed by atoms with Gasteiger partial charge in [0.15, 0.2) is 0 Å². The third-order valence-corrected chi connectivity index (χ3v) is 1.47. The van der Waals surface area contributed by atoms with Crippen LogP contribution in [0.15, 0.2) is 18.2 Å². The topological polar surface area (TPSA) is 52.0 Å². The van der Waals surface area contributed by atoms with Crippen LogP contribution in [-0.4, -0.2) is 6.54 Å². The fraction of sp³-hybridized carbons (Fsp3) is 0.111. The molecule has 3 heteroatoms. The SMILES string of the molecule is NCC#Cc1cc(N)cc(Cl)c1. The van der Waals surface area contributed by atoms with Gasteiger partial charge in [-0.2, -0.15) is 0 Å². The first kappa shape index (κ1) is 8.92. The number of nitrogen functional groups attached to an aromatic ring is 1. The van der Waals surface area contributed by atoms with Crippen molar-refractivity contribution in [2.24, 2.45) is 5.73 Å². The molecule has 0 unspecified atom stereocenters. The highest BCUT2D eigenvalue weighted by Gasteiger charge is 1.92. The molecule has 0 bridgehead atoms. The molecule has 0 heterocycles. The number of rotatable bonds is 0. The van der Waals surface area contributed by atoms with Crippen LogP contribution in [0.5, 0.6) is 0 Å². The summed E-state index contributed by atoms with van der Waals surface area (Å²) >= 11 is 5.75. The third kappa shape index (κ3) is 2.46. The molecule has 2 nitrogen and oxygen atoms in total. The second kappa shape index (κ2) is 4.01. The summed E-state index contributed by atoms with van der Waals surface area (Å²) in [5.41, 5.74) is 12.2. The average molecular weight is 181 g/mol. The molecule has 4 N–H and O–H groups in total. The van der Waals surface area contributed by atoms with Gasteiger partial charge in [0.05, 0.1) is 6.54 Å². The summed E-state index contributed by atoms with van der Waals surface area (Å²) in [6.45, 7) is 0.340. The summed E-state index contributed by atoms with van der Waals surface area (Å²) in [6, 6.07) is 5.18. The van der Waals surface area contributed by atoms with Crippen LogP contribution in [0.25, 0.3) is 0 Å². The number of nitrogens with two attached hydrogens (primary N) is 2. The van der Waals surface area contributed by atoms with Gasteiger partial charge in [-0.3, -0.25) is 0 Å². The standard InChI is InChI=1S/C9H9ClN2/c10-8-4-7(2-1-3-11)5-9(12)6-8/h4-6H,3,11-12H2. The van der Waals surface area contributed by atoms with E-state index in [0.717, 1.165) is 5.56 Å². The normalized spacial score (nSPS) is 8.83. The highest BCUT2D eigenvalue weighted by atomic mass is 35.5. The lowest BCUT2D eigenvalue weighted by atomic mass is 10.2. The molecule has 0 saturated carbocycles. The molecule has 0 atom stereocenters. The highest BCUT2D eigenvalue weighted by molar-refractivity contribution is 6.30. The fourth-order valence-electron chi connectivity index (χ4n) is 0.838. The second-order valence-corrected chi connectivity index (χ2v) is 2.72. The van der Waals surface area contributed by atoms with Crippen LogP contribution in [0, 0.1) is 11.8 Å². The van der Waals surface area contributed by atoms with Gasteiger partial charge in [0.25, 0.3) is 0 Å². The van der Waals surface area contributed by atoms with Crippen LogP contribution in [0.4, 0.5) is 5.69 Å². The Morgan fingerprint density at radius 2 is 2.08 bits per heavy atom. The quantitative estimate of drug-likeness (QED) is 0.466. The Morgan fingerprint density at radius 1 is 1.33 bits per heavy atom. The van der Waals surface area contributed by atoms with Crippen molar-refractivity contribution in [3.8, 4) is 11.8 Å². The van der Waals surface area contributed by atoms with E-state index in [1.54, 1.807) is 18.2 Å². The average Bonchev–Trinajstić information content (AvgIpc) is 1.99. The van der Waals surface area contributed by atoms with Gasteiger partial charge in [-0.05, 0) is 18.2 Å². The lowest BCUT2D eigenvalue weighted by Gasteiger charge is -1.95. The van der Waals surface area contributed by atoms with Crippen LogP contribution in [0.2, 0.25) is 5.02 Å². The molecule has 0 radical (unpaired) electrons. The molecule has 0 aliphatic rings. The van der Waals surface area contributed by atoms with Gasteiger partial charge < -0.3 is 11.5 Å². The lowest BCUT2D eigenvalue weighted by Crippen LogP contribution is -1.93. The van der Waals surface area contributed by atoms with Crippen molar-refractivity contribution in [2.45, 2.75) is 0 Å². The zero-order chi connectivity index (χ0) is 8.97. The number of benzene rings is 1. The van der Waals surface area contributed by atoms with Crippen LogP contribution in [-0.2, 0) is 0 Å². The van der Waals surface area contributed by atoms with E-state index in [1.807, 2.05) is 0 Å². The zero-order valence-corrected chi connectivity index (χ0v) is 7.23. The molecule has 1 rings (SSSR count). The van der Waals surface area contributed by atoms with Crippen molar-refractivity contribution in [3.05, 3.63) is 28.8 Å². The predicted molar refractivity (Wildman–Crippen MR) is 51.8 cm³/mol. The Balaban J connectivity index is 3.01. The highest BCUT2D eigenvalue weighted by Crippen LogP contribution is 2.15. The molecular formula is C9H9ClN2. The van der Waals surface area contributed by atoms with Gasteiger partial charge in [-0.25, -0.2) is 0 Å². The van der Waals surface area contributed by atoms with Crippen molar-refractivity contribution < 1.29 is 0 Å². The molecule has 12 heavy (non-hydrogen) atoms. The summed E-state index contributed by atoms with van der Waals surface area (Å²) in [4.78, 5) is 0. The Labute approximate surface area is 76.5 Å². The Kier molecular flexibility index (Phi) is 2.98. The van der Waals surface area contributed by atoms with Gasteiger partial charge >= 0.3 is 0 Å². The van der Waals surface area contributed by atoms with E-state index in [9.17, 15) is 0 Å². The molecule has 1 aromatic carbocycles. The van der Waals surface area contributed by atoms with E-state index < -0.39 is 0 Å². The lowest BCUT2D eigenvalue weighted by molar-refractivity contribution is 1.30. The summed E-state index contributed by atoms with van der Waals surface area (Å²) in [6.07, 6.45) is 0. The number of anilines is 1. The van der Waals surface area contributed by atoms with Crippen LogP contribution in [0.1, 0.15) is 5.56 Å². The smallest absolute Gasteiger partial charge is 0.0555 e. The largest absolute Gasteiger partial charge is 0.399 e. The summed E-state index contributed by atoms with van der Waals surface area (Å²) in [5, 5.41) is 0.594. The molecular weight excluding hydrogens is 172 g/mol. The molecule has 0 aliphatic carbocycles. The minimum Gasteiger partial charge on any atom is -0.399 e. The Hall–Kier alpha value is -1.17. The van der Waals surface area contributed by atoms with E-state index >= 15 is 0 Å². The maximum atomic E-state index is 5.75. The van der Waals surface area contributed by atoms with Crippen LogP contribution in [0.3, 0.4) is 0 Å². The number of hydrogen-bond donors (Lipinski definition) is 2. The Bertz CT molecular complexity index is 316. The third-order valence-electron chi connectivity index (χ3n) is 1.25. The van der Waals surface area contributed by atoms with Crippen molar-refractivity contribution in [3.63, 3.8) is 0 Å². The van der Waals surface area contributed by atoms with Crippen molar-refractivity contribution in [1.29, 1.82) is 0 Å². The molecule has 0 aromatic heterocycles. The van der Waals surface area contributed by atoms with E-state index in [1.165, 1.54) is 0 Å². The van der Waals surface area contributed by atoms with Gasteiger partial charge in [-0.1, -0.05) is 23.4 Å². The van der Waals surface area contributed by atoms with Gasteiger partial charge in [0.1, 0.15) is 0 Å². The van der Waals surface area contributed by atoms with E-state index in [-0.39, 0.29) is 0 Å². The molecule has 62 valence electrons. The van der Waals surface area contributed by atoms with E-state index in [2.05, 4.69) is 11.8 Å². The predicted octanol–water partition coefficient (Wildman–Crippen LogP) is 1.23. The zero-order valence-electron chi connectivity index (χ0n) is 6.47. The molecule has 0 amide bonds. The summed E-state index contributed by atoms with van der Waals surface area (Å²) in [7, 11) is 0. The maximum Gasteiger partial charge on any atom is 0.0555 e. The molecule has 0 fully saturated rings. The van der Waals surface area contributed by atoms with Crippen molar-refractivity contribution >= 4 is 17.3 Å². The first-order valence-corrected chi connectivity index (χ1v) is 3.85. The van der Waals surface area contributed by atoms with Gasteiger partial charge in [0.2, 0.25) is 0 Å². The van der Waals surface area contributed by atoms with E-state index in [0.29, 0.717) is 17.3 Å². The molecule has 0 spiro atoms. The summed E-state index contributed by atoms with van der Waals surface area (Å²) in [5.74, 6) is 5.57. The fourth-order valence-corrected chi connectivity index (χ4v) is 1.08.